The van der Waals surface area contributed by atoms with Crippen LogP contribution in [0.15, 0.2) is 46.2 Å². The van der Waals surface area contributed by atoms with Gasteiger partial charge in [0.25, 0.3) is 5.56 Å². The molecule has 1 N–H and O–H groups in total. The van der Waals surface area contributed by atoms with Gasteiger partial charge in [0, 0.05) is 31.9 Å². The van der Waals surface area contributed by atoms with E-state index in [4.69, 9.17) is 0 Å². The lowest BCUT2D eigenvalue weighted by Crippen LogP contribution is -2.34. The zero-order chi connectivity index (χ0) is 23.4. The first-order valence-electron chi connectivity index (χ1n) is 9.23. The smallest absolute Gasteiger partial charge is 0.350 e. The summed E-state index contributed by atoms with van der Waals surface area (Å²) in [6.07, 6.45) is -3.80. The highest BCUT2D eigenvalue weighted by atomic mass is 32.2. The average Bonchev–Trinajstić information content (AvgIpc) is 2.68. The summed E-state index contributed by atoms with van der Waals surface area (Å²) in [5.74, 6) is -1.89. The third kappa shape index (κ3) is 5.91. The third-order valence-corrected chi connectivity index (χ3v) is 6.50. The Kier molecular flexibility index (Phi) is 7.60. The number of nitrogens with zero attached hydrogens (tertiary/aromatic N) is 2. The van der Waals surface area contributed by atoms with Crippen molar-refractivity contribution < 1.29 is 30.8 Å². The van der Waals surface area contributed by atoms with E-state index in [0.717, 1.165) is 35.0 Å². The number of sulfonamides is 1. The number of benzene rings is 1. The Morgan fingerprint density at radius 1 is 1.13 bits per heavy atom. The van der Waals surface area contributed by atoms with E-state index in [1.165, 1.54) is 4.31 Å². The van der Waals surface area contributed by atoms with Crippen LogP contribution in [0, 0.1) is 5.82 Å². The predicted octanol–water partition coefficient (Wildman–Crippen LogP) is 2.35. The molecule has 170 valence electrons. The van der Waals surface area contributed by atoms with Crippen molar-refractivity contribution in [3.05, 3.63) is 63.8 Å². The molecule has 0 aliphatic carbocycles. The van der Waals surface area contributed by atoms with Gasteiger partial charge < -0.3 is 9.88 Å². The molecule has 1 aromatic carbocycles. The van der Waals surface area contributed by atoms with Crippen LogP contribution < -0.4 is 10.9 Å². The summed E-state index contributed by atoms with van der Waals surface area (Å²) in [6.45, 7) is 2.54. The van der Waals surface area contributed by atoms with Gasteiger partial charge in [0.05, 0.1) is 10.5 Å². The molecule has 0 radical (unpaired) electrons. The van der Waals surface area contributed by atoms with Crippen LogP contribution in [0.4, 0.5) is 17.6 Å². The summed E-state index contributed by atoms with van der Waals surface area (Å²) >= 11 is 0. The third-order valence-electron chi connectivity index (χ3n) is 4.47. The fraction of sp³-hybridized carbons (Fsp3) is 0.368. The number of nitrogens with one attached hydrogen (secondary N) is 1. The van der Waals surface area contributed by atoms with Crippen molar-refractivity contribution in [2.75, 3.05) is 13.1 Å². The molecule has 0 atom stereocenters. The molecule has 0 fully saturated rings. The minimum Gasteiger partial charge on any atom is -0.350 e. The number of carbonyl (C=O) groups excluding carboxylic acids is 1. The minimum atomic E-state index is -4.81. The van der Waals surface area contributed by atoms with E-state index in [1.54, 1.807) is 13.8 Å². The number of carbonyl (C=O) groups is 1. The summed E-state index contributed by atoms with van der Waals surface area (Å²) in [5.41, 5.74) is -2.24. The predicted molar refractivity (Wildman–Crippen MR) is 104 cm³/mol. The van der Waals surface area contributed by atoms with E-state index in [0.29, 0.717) is 6.07 Å². The maximum Gasteiger partial charge on any atom is 0.416 e. The van der Waals surface area contributed by atoms with Crippen LogP contribution in [0.3, 0.4) is 0 Å². The molecule has 31 heavy (non-hydrogen) atoms. The van der Waals surface area contributed by atoms with E-state index < -0.39 is 52.1 Å². The molecule has 0 aliphatic rings. The molecule has 0 saturated carbocycles. The highest BCUT2D eigenvalue weighted by Crippen LogP contribution is 2.32. The summed E-state index contributed by atoms with van der Waals surface area (Å²) in [6, 6.07) is 4.18. The van der Waals surface area contributed by atoms with Crippen LogP contribution in [-0.2, 0) is 34.1 Å². The van der Waals surface area contributed by atoms with Gasteiger partial charge in [-0.3, -0.25) is 9.59 Å². The average molecular weight is 463 g/mol. The molecule has 0 bridgehead atoms. The fourth-order valence-corrected chi connectivity index (χ4v) is 4.35. The molecular weight excluding hydrogens is 442 g/mol. The van der Waals surface area contributed by atoms with Crippen molar-refractivity contribution in [3.63, 3.8) is 0 Å². The van der Waals surface area contributed by atoms with Gasteiger partial charge in [-0.15, -0.1) is 0 Å². The number of pyridine rings is 1. The number of alkyl halides is 3. The highest BCUT2D eigenvalue weighted by Gasteiger charge is 2.33. The van der Waals surface area contributed by atoms with Crippen LogP contribution >= 0.6 is 0 Å². The minimum absolute atomic E-state index is 0.193. The van der Waals surface area contributed by atoms with Crippen LogP contribution in [0.1, 0.15) is 25.0 Å². The topological polar surface area (TPSA) is 88.5 Å². The molecule has 1 aromatic heterocycles. The Morgan fingerprint density at radius 3 is 2.35 bits per heavy atom. The first-order chi connectivity index (χ1) is 14.4. The zero-order valence-electron chi connectivity index (χ0n) is 16.7. The maximum atomic E-state index is 13.2. The maximum absolute atomic E-state index is 13.2. The molecule has 2 aromatic rings. The van der Waals surface area contributed by atoms with Crippen molar-refractivity contribution in [1.29, 1.82) is 0 Å². The van der Waals surface area contributed by atoms with Crippen LogP contribution in [0.2, 0.25) is 0 Å². The molecule has 0 aliphatic heterocycles. The van der Waals surface area contributed by atoms with Crippen LogP contribution in [-0.4, -0.2) is 36.3 Å². The number of hydrogen-bond acceptors (Lipinski definition) is 4. The molecular formula is C19H21F4N3O4S. The Hall–Kier alpha value is -2.73. The number of halogens is 4. The Balaban J connectivity index is 2.20. The van der Waals surface area contributed by atoms with Gasteiger partial charge >= 0.3 is 6.18 Å². The second kappa shape index (κ2) is 9.60. The standard InChI is InChI=1S/C19H21F4N3O4S/c1-3-26(4-2)31(29,30)15-7-8-18(28)25(11-15)12-17(27)24-10-13-5-6-14(20)9-16(13)19(21,22)23/h5-9,11H,3-4,10,12H2,1-2H3,(H,24,27). The summed E-state index contributed by atoms with van der Waals surface area (Å²) in [7, 11) is -3.88. The fourth-order valence-electron chi connectivity index (χ4n) is 2.87. The van der Waals surface area contributed by atoms with Gasteiger partial charge in [0.15, 0.2) is 0 Å². The van der Waals surface area contributed by atoms with Gasteiger partial charge in [-0.2, -0.15) is 17.5 Å². The molecule has 0 unspecified atom stereocenters. The molecule has 2 rings (SSSR count). The van der Waals surface area contributed by atoms with E-state index in [1.807, 2.05) is 0 Å². The monoisotopic (exact) mass is 463 g/mol. The van der Waals surface area contributed by atoms with Gasteiger partial charge in [-0.25, -0.2) is 12.8 Å². The zero-order valence-corrected chi connectivity index (χ0v) is 17.6. The quantitative estimate of drug-likeness (QED) is 0.609. The summed E-state index contributed by atoms with van der Waals surface area (Å²) < 4.78 is 79.5. The lowest BCUT2D eigenvalue weighted by molar-refractivity contribution is -0.138. The first kappa shape index (κ1) is 24.5. The molecule has 1 amide bonds. The SMILES string of the molecule is CCN(CC)S(=O)(=O)c1ccc(=O)n(CC(=O)NCc2ccc(F)cc2C(F)(F)F)c1. The lowest BCUT2D eigenvalue weighted by atomic mass is 10.1. The molecule has 0 saturated heterocycles. The Bertz CT molecular complexity index is 1110. The largest absolute Gasteiger partial charge is 0.416 e. The molecule has 1 heterocycles. The number of hydrogen-bond donors (Lipinski definition) is 1. The van der Waals surface area contributed by atoms with Gasteiger partial charge in [0.1, 0.15) is 12.4 Å². The van der Waals surface area contributed by atoms with E-state index >= 15 is 0 Å². The van der Waals surface area contributed by atoms with Crippen molar-refractivity contribution in [3.8, 4) is 0 Å². The van der Waals surface area contributed by atoms with Crippen molar-refractivity contribution in [2.24, 2.45) is 0 Å². The molecule has 0 spiro atoms. The van der Waals surface area contributed by atoms with Gasteiger partial charge in [0.2, 0.25) is 15.9 Å². The summed E-state index contributed by atoms with van der Waals surface area (Å²) in [5, 5.41) is 2.23. The number of rotatable bonds is 8. The van der Waals surface area contributed by atoms with Crippen molar-refractivity contribution >= 4 is 15.9 Å². The highest BCUT2D eigenvalue weighted by molar-refractivity contribution is 7.89. The van der Waals surface area contributed by atoms with E-state index in [2.05, 4.69) is 5.32 Å². The summed E-state index contributed by atoms with van der Waals surface area (Å²) in [4.78, 5) is 24.0. The molecule has 12 heteroatoms. The normalized spacial score (nSPS) is 12.2. The van der Waals surface area contributed by atoms with Crippen molar-refractivity contribution in [1.82, 2.24) is 14.2 Å². The Labute approximate surface area is 176 Å². The number of aromatic nitrogens is 1. The van der Waals surface area contributed by atoms with Crippen molar-refractivity contribution in [2.45, 2.75) is 38.0 Å². The van der Waals surface area contributed by atoms with Crippen LogP contribution in [0.5, 0.6) is 0 Å². The first-order valence-corrected chi connectivity index (χ1v) is 10.7. The second-order valence-corrected chi connectivity index (χ2v) is 8.43. The number of amides is 1. The van der Waals surface area contributed by atoms with E-state index in [9.17, 15) is 35.6 Å². The van der Waals surface area contributed by atoms with Gasteiger partial charge in [-0.1, -0.05) is 19.9 Å². The van der Waals surface area contributed by atoms with Crippen LogP contribution in [0.25, 0.3) is 0 Å². The second-order valence-electron chi connectivity index (χ2n) is 6.50. The Morgan fingerprint density at radius 2 is 1.77 bits per heavy atom. The lowest BCUT2D eigenvalue weighted by Gasteiger charge is -2.19. The molecule has 7 nitrogen and oxygen atoms in total. The van der Waals surface area contributed by atoms with Gasteiger partial charge in [-0.05, 0) is 23.8 Å². The van der Waals surface area contributed by atoms with E-state index in [-0.39, 0.29) is 23.5 Å².